The first-order valence-electron chi connectivity index (χ1n) is 10.2. The zero-order valence-corrected chi connectivity index (χ0v) is 17.2. The molecule has 0 saturated carbocycles. The number of hydrogen-bond donors (Lipinski definition) is 1. The average Bonchev–Trinajstić information content (AvgIpc) is 3.41. The molecule has 4 rings (SSSR count). The molecule has 6 heteroatoms. The summed E-state index contributed by atoms with van der Waals surface area (Å²) in [4.78, 5) is 27.3. The molecule has 1 aliphatic heterocycles. The normalized spacial score (nSPS) is 17.8. The minimum absolute atomic E-state index is 0.0252. The Kier molecular flexibility index (Phi) is 5.89. The van der Waals surface area contributed by atoms with Gasteiger partial charge in [-0.15, -0.1) is 0 Å². The number of Topliss-reactive ketones (excluding diaryl/α,β-unsaturated/α-hetero) is 1. The summed E-state index contributed by atoms with van der Waals surface area (Å²) in [5, 5.41) is 11.0. The molecule has 31 heavy (non-hydrogen) atoms. The SMILES string of the molecule is CCOc1ccc(C(O)=C2C(=O)C(=O)N(CCc3ccccc3)C2c2ccco2)cc1. The molecule has 2 heterocycles. The molecule has 1 atom stereocenters. The Balaban J connectivity index is 1.71. The molecular formula is C25H23NO5. The van der Waals surface area contributed by atoms with Gasteiger partial charge < -0.3 is 19.2 Å². The number of carbonyl (C=O) groups is 2. The lowest BCUT2D eigenvalue weighted by atomic mass is 9.99. The molecule has 6 nitrogen and oxygen atoms in total. The maximum absolute atomic E-state index is 12.9. The minimum Gasteiger partial charge on any atom is -0.507 e. The van der Waals surface area contributed by atoms with E-state index < -0.39 is 17.7 Å². The molecule has 1 saturated heterocycles. The van der Waals surface area contributed by atoms with Crippen LogP contribution in [0.3, 0.4) is 0 Å². The number of ketones is 1. The van der Waals surface area contributed by atoms with Crippen LogP contribution in [0.5, 0.6) is 5.75 Å². The van der Waals surface area contributed by atoms with Crippen molar-refractivity contribution in [3.05, 3.63) is 95.5 Å². The van der Waals surface area contributed by atoms with Gasteiger partial charge in [0.05, 0.1) is 18.4 Å². The fourth-order valence-electron chi connectivity index (χ4n) is 3.78. The van der Waals surface area contributed by atoms with Crippen molar-refractivity contribution in [2.75, 3.05) is 13.2 Å². The molecule has 1 aromatic heterocycles. The number of rotatable bonds is 7. The summed E-state index contributed by atoms with van der Waals surface area (Å²) in [5.74, 6) is -0.514. The van der Waals surface area contributed by atoms with Gasteiger partial charge in [0.15, 0.2) is 0 Å². The highest BCUT2D eigenvalue weighted by atomic mass is 16.5. The highest BCUT2D eigenvalue weighted by Gasteiger charge is 2.47. The van der Waals surface area contributed by atoms with Gasteiger partial charge in [-0.05, 0) is 55.3 Å². The van der Waals surface area contributed by atoms with Gasteiger partial charge in [0, 0.05) is 12.1 Å². The van der Waals surface area contributed by atoms with Crippen LogP contribution in [0.1, 0.15) is 29.9 Å². The molecule has 1 N–H and O–H groups in total. The number of ether oxygens (including phenoxy) is 1. The van der Waals surface area contributed by atoms with Gasteiger partial charge in [-0.25, -0.2) is 0 Å². The van der Waals surface area contributed by atoms with Gasteiger partial charge in [0.25, 0.3) is 11.7 Å². The predicted molar refractivity (Wildman–Crippen MR) is 115 cm³/mol. The molecule has 3 aromatic rings. The van der Waals surface area contributed by atoms with E-state index in [0.717, 1.165) is 5.56 Å². The number of amides is 1. The first-order chi connectivity index (χ1) is 15.1. The standard InChI is InChI=1S/C25H23NO5/c1-2-30-19-12-10-18(11-13-19)23(27)21-22(20-9-6-16-31-20)26(25(29)24(21)28)15-14-17-7-4-3-5-8-17/h3-13,16,22,27H,2,14-15H2,1H3. The first kappa shape index (κ1) is 20.5. The third-order valence-electron chi connectivity index (χ3n) is 5.28. The van der Waals surface area contributed by atoms with E-state index in [2.05, 4.69) is 0 Å². The Morgan fingerprint density at radius 3 is 2.42 bits per heavy atom. The Hall–Kier alpha value is -3.80. The molecular weight excluding hydrogens is 394 g/mol. The van der Waals surface area contributed by atoms with E-state index in [1.54, 1.807) is 36.4 Å². The highest BCUT2D eigenvalue weighted by molar-refractivity contribution is 6.46. The summed E-state index contributed by atoms with van der Waals surface area (Å²) in [5.41, 5.74) is 1.51. The second-order valence-corrected chi connectivity index (χ2v) is 7.20. The van der Waals surface area contributed by atoms with E-state index in [1.807, 2.05) is 37.3 Å². The van der Waals surface area contributed by atoms with Crippen LogP contribution in [-0.2, 0) is 16.0 Å². The second-order valence-electron chi connectivity index (χ2n) is 7.20. The van der Waals surface area contributed by atoms with Crippen LogP contribution in [0.4, 0.5) is 0 Å². The maximum atomic E-state index is 12.9. The molecule has 2 aromatic carbocycles. The fourth-order valence-corrected chi connectivity index (χ4v) is 3.78. The van der Waals surface area contributed by atoms with Crippen LogP contribution in [-0.4, -0.2) is 34.8 Å². The van der Waals surface area contributed by atoms with Gasteiger partial charge in [-0.3, -0.25) is 9.59 Å². The monoisotopic (exact) mass is 417 g/mol. The van der Waals surface area contributed by atoms with Crippen molar-refractivity contribution in [2.24, 2.45) is 0 Å². The molecule has 0 radical (unpaired) electrons. The summed E-state index contributed by atoms with van der Waals surface area (Å²) in [6.45, 7) is 2.73. The van der Waals surface area contributed by atoms with Crippen LogP contribution in [0, 0.1) is 0 Å². The number of aliphatic hydroxyl groups excluding tert-OH is 1. The molecule has 158 valence electrons. The third kappa shape index (κ3) is 4.10. The number of nitrogens with zero attached hydrogens (tertiary/aromatic N) is 1. The summed E-state index contributed by atoms with van der Waals surface area (Å²) in [7, 11) is 0. The number of likely N-dealkylation sites (tertiary alicyclic amines) is 1. The Morgan fingerprint density at radius 1 is 1.03 bits per heavy atom. The number of aliphatic hydroxyl groups is 1. The zero-order chi connectivity index (χ0) is 21.8. The van der Waals surface area contributed by atoms with Crippen molar-refractivity contribution in [3.63, 3.8) is 0 Å². The molecule has 1 unspecified atom stereocenters. The van der Waals surface area contributed by atoms with Crippen LogP contribution in [0.25, 0.3) is 5.76 Å². The lowest BCUT2D eigenvalue weighted by Crippen LogP contribution is -2.31. The largest absolute Gasteiger partial charge is 0.507 e. The van der Waals surface area contributed by atoms with Gasteiger partial charge in [-0.2, -0.15) is 0 Å². The summed E-state index contributed by atoms with van der Waals surface area (Å²) in [6, 6.07) is 19.1. The lowest BCUT2D eigenvalue weighted by molar-refractivity contribution is -0.140. The van der Waals surface area contributed by atoms with E-state index in [1.165, 1.54) is 11.2 Å². The van der Waals surface area contributed by atoms with E-state index in [-0.39, 0.29) is 11.3 Å². The first-order valence-corrected chi connectivity index (χ1v) is 10.2. The van der Waals surface area contributed by atoms with Crippen molar-refractivity contribution in [1.82, 2.24) is 4.90 Å². The number of furan rings is 1. The Labute approximate surface area is 180 Å². The molecule has 1 fully saturated rings. The fraction of sp³-hybridized carbons (Fsp3) is 0.200. The third-order valence-corrected chi connectivity index (χ3v) is 5.28. The Morgan fingerprint density at radius 2 is 1.77 bits per heavy atom. The number of hydrogen-bond acceptors (Lipinski definition) is 5. The summed E-state index contributed by atoms with van der Waals surface area (Å²) >= 11 is 0. The van der Waals surface area contributed by atoms with E-state index in [4.69, 9.17) is 9.15 Å². The topological polar surface area (TPSA) is 80.0 Å². The van der Waals surface area contributed by atoms with Crippen molar-refractivity contribution in [3.8, 4) is 5.75 Å². The molecule has 0 bridgehead atoms. The van der Waals surface area contributed by atoms with Crippen LogP contribution >= 0.6 is 0 Å². The van der Waals surface area contributed by atoms with E-state index in [0.29, 0.717) is 36.6 Å². The van der Waals surface area contributed by atoms with Gasteiger partial charge >= 0.3 is 0 Å². The molecule has 1 amide bonds. The lowest BCUT2D eigenvalue weighted by Gasteiger charge is -2.23. The highest BCUT2D eigenvalue weighted by Crippen LogP contribution is 2.39. The second kappa shape index (κ2) is 8.92. The van der Waals surface area contributed by atoms with Gasteiger partial charge in [0.2, 0.25) is 0 Å². The molecule has 0 aliphatic carbocycles. The van der Waals surface area contributed by atoms with Crippen molar-refractivity contribution < 1.29 is 23.8 Å². The van der Waals surface area contributed by atoms with Gasteiger partial charge in [-0.1, -0.05) is 30.3 Å². The minimum atomic E-state index is -0.787. The van der Waals surface area contributed by atoms with Crippen LogP contribution in [0.15, 0.2) is 83.0 Å². The van der Waals surface area contributed by atoms with Crippen molar-refractivity contribution in [1.29, 1.82) is 0 Å². The Bertz CT molecular complexity index is 1080. The zero-order valence-electron chi connectivity index (χ0n) is 17.2. The predicted octanol–water partition coefficient (Wildman–Crippen LogP) is 4.34. The van der Waals surface area contributed by atoms with Crippen LogP contribution in [0.2, 0.25) is 0 Å². The van der Waals surface area contributed by atoms with Crippen molar-refractivity contribution >= 4 is 17.4 Å². The maximum Gasteiger partial charge on any atom is 0.295 e. The van der Waals surface area contributed by atoms with Crippen LogP contribution < -0.4 is 4.74 Å². The smallest absolute Gasteiger partial charge is 0.295 e. The van der Waals surface area contributed by atoms with E-state index in [9.17, 15) is 14.7 Å². The van der Waals surface area contributed by atoms with E-state index >= 15 is 0 Å². The van der Waals surface area contributed by atoms with Gasteiger partial charge in [0.1, 0.15) is 23.3 Å². The quantitative estimate of drug-likeness (QED) is 0.351. The number of benzene rings is 2. The average molecular weight is 417 g/mol. The summed E-state index contributed by atoms with van der Waals surface area (Å²) < 4.78 is 11.0. The van der Waals surface area contributed by atoms with Crippen molar-refractivity contribution in [2.45, 2.75) is 19.4 Å². The molecule has 0 spiro atoms. The molecule has 1 aliphatic rings. The summed E-state index contributed by atoms with van der Waals surface area (Å²) in [6.07, 6.45) is 2.07. The number of carbonyl (C=O) groups excluding carboxylic acids is 2.